The number of anilines is 2. The Morgan fingerprint density at radius 3 is 2.74 bits per heavy atom. The third-order valence-corrected chi connectivity index (χ3v) is 4.20. The normalized spacial score (nSPS) is 10.8. The highest BCUT2D eigenvalue weighted by Crippen LogP contribution is 2.27. The maximum Gasteiger partial charge on any atom is 0.271 e. The minimum atomic E-state index is -0.723. The fourth-order valence-corrected chi connectivity index (χ4v) is 2.60. The Morgan fingerprint density at radius 1 is 1.37 bits per heavy atom. The first-order chi connectivity index (χ1) is 12.9. The number of rotatable bonds is 6. The average molecular weight is 385 g/mol. The highest BCUT2D eigenvalue weighted by molar-refractivity contribution is 6.34. The Bertz CT molecular complexity index is 964. The SMILES string of the molecule is CCc1cccc(C)c1N/C=C(/C#N)C(=O)Nc1cc([N+](=O)[O-])ccc1Cl. The molecule has 0 aliphatic heterocycles. The van der Waals surface area contributed by atoms with Crippen molar-refractivity contribution >= 4 is 34.6 Å². The quantitative estimate of drug-likeness (QED) is 0.328. The molecule has 2 N–H and O–H groups in total. The molecule has 0 atom stereocenters. The number of carbonyl (C=O) groups is 1. The lowest BCUT2D eigenvalue weighted by Gasteiger charge is -2.11. The minimum absolute atomic E-state index is 0.0576. The van der Waals surface area contributed by atoms with Gasteiger partial charge in [0.25, 0.3) is 11.6 Å². The molecule has 2 aromatic carbocycles. The van der Waals surface area contributed by atoms with E-state index >= 15 is 0 Å². The summed E-state index contributed by atoms with van der Waals surface area (Å²) in [5.74, 6) is -0.723. The second-order valence-corrected chi connectivity index (χ2v) is 6.06. The number of nitriles is 1. The van der Waals surface area contributed by atoms with Crippen molar-refractivity contribution in [3.63, 3.8) is 0 Å². The topological polar surface area (TPSA) is 108 Å². The van der Waals surface area contributed by atoms with E-state index in [0.717, 1.165) is 29.3 Å². The first kappa shape index (κ1) is 19.9. The van der Waals surface area contributed by atoms with Crippen LogP contribution in [0.1, 0.15) is 18.1 Å². The van der Waals surface area contributed by atoms with Gasteiger partial charge in [0.05, 0.1) is 15.6 Å². The van der Waals surface area contributed by atoms with Crippen LogP contribution in [-0.4, -0.2) is 10.8 Å². The number of para-hydroxylation sites is 1. The molecule has 0 aliphatic carbocycles. The molecule has 1 amide bonds. The molecule has 8 heteroatoms. The number of nitro benzene ring substituents is 1. The lowest BCUT2D eigenvalue weighted by Crippen LogP contribution is -2.15. The van der Waals surface area contributed by atoms with Gasteiger partial charge in [-0.05, 0) is 30.5 Å². The van der Waals surface area contributed by atoms with Gasteiger partial charge in [0.2, 0.25) is 0 Å². The molecular weight excluding hydrogens is 368 g/mol. The molecule has 0 aromatic heterocycles. The Hall–Kier alpha value is -3.37. The summed E-state index contributed by atoms with van der Waals surface area (Å²) in [6, 6.07) is 11.3. The molecule has 0 spiro atoms. The van der Waals surface area contributed by atoms with Crippen molar-refractivity contribution in [2.24, 2.45) is 0 Å². The number of hydrogen-bond donors (Lipinski definition) is 2. The van der Waals surface area contributed by atoms with Gasteiger partial charge in [-0.1, -0.05) is 36.7 Å². The van der Waals surface area contributed by atoms with Gasteiger partial charge in [-0.25, -0.2) is 0 Å². The van der Waals surface area contributed by atoms with E-state index < -0.39 is 10.8 Å². The number of halogens is 1. The molecule has 0 unspecified atom stereocenters. The number of hydrogen-bond acceptors (Lipinski definition) is 5. The number of nitro groups is 1. The maximum absolute atomic E-state index is 12.4. The highest BCUT2D eigenvalue weighted by Gasteiger charge is 2.15. The highest BCUT2D eigenvalue weighted by atomic mass is 35.5. The zero-order chi connectivity index (χ0) is 20.0. The summed E-state index contributed by atoms with van der Waals surface area (Å²) in [5, 5.41) is 25.7. The van der Waals surface area contributed by atoms with E-state index in [2.05, 4.69) is 10.6 Å². The van der Waals surface area contributed by atoms with Crippen molar-refractivity contribution in [2.75, 3.05) is 10.6 Å². The van der Waals surface area contributed by atoms with Crippen molar-refractivity contribution in [1.29, 1.82) is 5.26 Å². The van der Waals surface area contributed by atoms with Gasteiger partial charge in [0, 0.05) is 24.0 Å². The standard InChI is InChI=1S/C19H17ClN4O3/c1-3-13-6-4-5-12(2)18(13)22-11-14(10-21)19(25)23-17-9-15(24(26)27)7-8-16(17)20/h4-9,11,22H,3H2,1-2H3,(H,23,25)/b14-11-. The van der Waals surface area contributed by atoms with Gasteiger partial charge in [-0.2, -0.15) is 5.26 Å². The number of nitrogens with one attached hydrogen (secondary N) is 2. The van der Waals surface area contributed by atoms with E-state index in [1.54, 1.807) is 0 Å². The zero-order valence-corrected chi connectivity index (χ0v) is 15.5. The Balaban J connectivity index is 2.25. The van der Waals surface area contributed by atoms with E-state index in [0.29, 0.717) is 0 Å². The van der Waals surface area contributed by atoms with Crippen LogP contribution >= 0.6 is 11.6 Å². The van der Waals surface area contributed by atoms with Crippen molar-refractivity contribution in [2.45, 2.75) is 20.3 Å². The smallest absolute Gasteiger partial charge is 0.271 e. The molecule has 138 valence electrons. The molecule has 0 radical (unpaired) electrons. The number of non-ortho nitro benzene ring substituents is 1. The predicted molar refractivity (Wildman–Crippen MR) is 105 cm³/mol. The third-order valence-electron chi connectivity index (χ3n) is 3.87. The summed E-state index contributed by atoms with van der Waals surface area (Å²) in [7, 11) is 0. The van der Waals surface area contributed by atoms with E-state index in [4.69, 9.17) is 11.6 Å². The third kappa shape index (κ3) is 4.84. The van der Waals surface area contributed by atoms with E-state index in [1.807, 2.05) is 38.1 Å². The van der Waals surface area contributed by atoms with Crippen molar-refractivity contribution < 1.29 is 9.72 Å². The summed E-state index contributed by atoms with van der Waals surface area (Å²) < 4.78 is 0. The number of benzene rings is 2. The molecule has 0 fully saturated rings. The van der Waals surface area contributed by atoms with Crippen LogP contribution in [0.3, 0.4) is 0 Å². The van der Waals surface area contributed by atoms with Crippen LogP contribution in [-0.2, 0) is 11.2 Å². The van der Waals surface area contributed by atoms with Gasteiger partial charge in [0.1, 0.15) is 11.6 Å². The first-order valence-corrected chi connectivity index (χ1v) is 8.45. The summed E-state index contributed by atoms with van der Waals surface area (Å²) in [4.78, 5) is 22.6. The van der Waals surface area contributed by atoms with E-state index in [-0.39, 0.29) is 22.0 Å². The van der Waals surface area contributed by atoms with Gasteiger partial charge in [0.15, 0.2) is 0 Å². The Morgan fingerprint density at radius 2 is 2.11 bits per heavy atom. The van der Waals surface area contributed by atoms with E-state index in [9.17, 15) is 20.2 Å². The Kier molecular flexibility index (Phi) is 6.52. The lowest BCUT2D eigenvalue weighted by molar-refractivity contribution is -0.384. The van der Waals surface area contributed by atoms with Crippen molar-refractivity contribution in [3.05, 3.63) is 74.4 Å². The van der Waals surface area contributed by atoms with Gasteiger partial charge < -0.3 is 10.6 Å². The fraction of sp³-hybridized carbons (Fsp3) is 0.158. The molecular formula is C19H17ClN4O3. The summed E-state index contributed by atoms with van der Waals surface area (Å²) >= 11 is 5.97. The van der Waals surface area contributed by atoms with Crippen molar-refractivity contribution in [3.8, 4) is 6.07 Å². The zero-order valence-electron chi connectivity index (χ0n) is 14.7. The second-order valence-electron chi connectivity index (χ2n) is 5.65. The van der Waals surface area contributed by atoms with Crippen LogP contribution in [0.25, 0.3) is 0 Å². The first-order valence-electron chi connectivity index (χ1n) is 8.08. The van der Waals surface area contributed by atoms with Crippen LogP contribution in [0.4, 0.5) is 17.1 Å². The summed E-state index contributed by atoms with van der Waals surface area (Å²) in [5.41, 5.74) is 2.50. The predicted octanol–water partition coefficient (Wildman–Crippen LogP) is 4.58. The number of aryl methyl sites for hydroxylation is 2. The second kappa shape index (κ2) is 8.83. The fourth-order valence-electron chi connectivity index (χ4n) is 2.43. The van der Waals surface area contributed by atoms with Crippen LogP contribution in [0.2, 0.25) is 5.02 Å². The Labute approximate surface area is 161 Å². The number of nitrogens with zero attached hydrogens (tertiary/aromatic N) is 2. The average Bonchev–Trinajstić information content (AvgIpc) is 2.64. The number of carbonyl (C=O) groups excluding carboxylic acids is 1. The number of amides is 1. The maximum atomic E-state index is 12.4. The van der Waals surface area contributed by atoms with Gasteiger partial charge in [-0.15, -0.1) is 0 Å². The monoisotopic (exact) mass is 384 g/mol. The molecule has 0 saturated carbocycles. The molecule has 0 heterocycles. The van der Waals surface area contributed by atoms with Gasteiger partial charge >= 0.3 is 0 Å². The van der Waals surface area contributed by atoms with E-state index in [1.165, 1.54) is 18.3 Å². The molecule has 0 aliphatic rings. The molecule has 7 nitrogen and oxygen atoms in total. The summed E-state index contributed by atoms with van der Waals surface area (Å²) in [6.07, 6.45) is 2.09. The van der Waals surface area contributed by atoms with Crippen LogP contribution in [0, 0.1) is 28.4 Å². The largest absolute Gasteiger partial charge is 0.360 e. The van der Waals surface area contributed by atoms with Crippen LogP contribution < -0.4 is 10.6 Å². The van der Waals surface area contributed by atoms with Gasteiger partial charge in [-0.3, -0.25) is 14.9 Å². The molecule has 2 rings (SSSR count). The minimum Gasteiger partial charge on any atom is -0.360 e. The molecule has 27 heavy (non-hydrogen) atoms. The molecule has 0 bridgehead atoms. The van der Waals surface area contributed by atoms with Crippen LogP contribution in [0.15, 0.2) is 48.2 Å². The van der Waals surface area contributed by atoms with Crippen LogP contribution in [0.5, 0.6) is 0 Å². The van der Waals surface area contributed by atoms with Crippen molar-refractivity contribution in [1.82, 2.24) is 0 Å². The lowest BCUT2D eigenvalue weighted by atomic mass is 10.1. The molecule has 0 saturated heterocycles. The summed E-state index contributed by atoms with van der Waals surface area (Å²) in [6.45, 7) is 3.93. The molecule has 2 aromatic rings.